The molecule has 8 nitrogen and oxygen atoms in total. The van der Waals surface area contributed by atoms with Gasteiger partial charge >= 0.3 is 0 Å². The van der Waals surface area contributed by atoms with E-state index < -0.39 is 10.8 Å². The van der Waals surface area contributed by atoms with E-state index in [1.54, 1.807) is 6.92 Å². The van der Waals surface area contributed by atoms with Crippen molar-refractivity contribution in [3.63, 3.8) is 0 Å². The molecule has 1 aromatic heterocycles. The minimum absolute atomic E-state index is 0.0260. The lowest BCUT2D eigenvalue weighted by Gasteiger charge is -2.07. The highest BCUT2D eigenvalue weighted by Gasteiger charge is 2.14. The SMILES string of the molecule is Cc1cc(=O)n(CC(=O)Nc2ccc(Cl)c([N+](=O)[O-])c2)cn1. The van der Waals surface area contributed by atoms with E-state index in [1.165, 1.54) is 24.5 Å². The Morgan fingerprint density at radius 3 is 2.82 bits per heavy atom. The number of benzene rings is 1. The molecule has 114 valence electrons. The summed E-state index contributed by atoms with van der Waals surface area (Å²) in [5, 5.41) is 13.2. The van der Waals surface area contributed by atoms with Crippen LogP contribution in [0.1, 0.15) is 5.69 Å². The minimum atomic E-state index is -0.646. The summed E-state index contributed by atoms with van der Waals surface area (Å²) in [5.74, 6) is -0.510. The Balaban J connectivity index is 2.14. The first kappa shape index (κ1) is 15.6. The highest BCUT2D eigenvalue weighted by Crippen LogP contribution is 2.27. The Morgan fingerprint density at radius 2 is 2.18 bits per heavy atom. The molecule has 0 saturated carbocycles. The van der Waals surface area contributed by atoms with Crippen LogP contribution in [0.25, 0.3) is 0 Å². The number of anilines is 1. The molecule has 0 aliphatic carbocycles. The molecular weight excluding hydrogens is 312 g/mol. The van der Waals surface area contributed by atoms with E-state index in [2.05, 4.69) is 10.3 Å². The van der Waals surface area contributed by atoms with Gasteiger partial charge in [0.05, 0.1) is 11.3 Å². The zero-order valence-corrected chi connectivity index (χ0v) is 12.2. The van der Waals surface area contributed by atoms with Crippen molar-refractivity contribution in [2.75, 3.05) is 5.32 Å². The molecule has 1 aromatic carbocycles. The highest BCUT2D eigenvalue weighted by atomic mass is 35.5. The number of rotatable bonds is 4. The lowest BCUT2D eigenvalue weighted by atomic mass is 10.3. The maximum absolute atomic E-state index is 11.9. The number of nitro groups is 1. The van der Waals surface area contributed by atoms with Crippen molar-refractivity contribution < 1.29 is 9.72 Å². The standard InChI is InChI=1S/C13H11ClN4O4/c1-8-4-13(20)17(7-15-8)6-12(19)16-9-2-3-10(14)11(5-9)18(21)22/h2-5,7H,6H2,1H3,(H,16,19). The van der Waals surface area contributed by atoms with E-state index in [-0.39, 0.29) is 28.5 Å². The van der Waals surface area contributed by atoms with Crippen LogP contribution < -0.4 is 10.9 Å². The van der Waals surface area contributed by atoms with Gasteiger partial charge in [-0.2, -0.15) is 0 Å². The topological polar surface area (TPSA) is 107 Å². The van der Waals surface area contributed by atoms with E-state index in [1.807, 2.05) is 0 Å². The van der Waals surface area contributed by atoms with Crippen molar-refractivity contribution in [3.05, 3.63) is 61.8 Å². The summed E-state index contributed by atoms with van der Waals surface area (Å²) >= 11 is 5.69. The molecule has 1 amide bonds. The van der Waals surface area contributed by atoms with Crippen LogP contribution in [0.4, 0.5) is 11.4 Å². The fourth-order valence-corrected chi connectivity index (χ4v) is 1.91. The quantitative estimate of drug-likeness (QED) is 0.681. The lowest BCUT2D eigenvalue weighted by Crippen LogP contribution is -2.27. The summed E-state index contributed by atoms with van der Waals surface area (Å²) in [6.45, 7) is 1.42. The van der Waals surface area contributed by atoms with Gasteiger partial charge in [0.2, 0.25) is 5.91 Å². The van der Waals surface area contributed by atoms with Gasteiger partial charge in [-0.25, -0.2) is 4.98 Å². The number of nitrogens with one attached hydrogen (secondary N) is 1. The molecule has 0 radical (unpaired) electrons. The second-order valence-electron chi connectivity index (χ2n) is 4.47. The second kappa shape index (κ2) is 6.35. The fourth-order valence-electron chi connectivity index (χ4n) is 1.72. The predicted octanol–water partition coefficient (Wildman–Crippen LogP) is 1.75. The Morgan fingerprint density at radius 1 is 1.45 bits per heavy atom. The third kappa shape index (κ3) is 3.67. The minimum Gasteiger partial charge on any atom is -0.324 e. The highest BCUT2D eigenvalue weighted by molar-refractivity contribution is 6.32. The van der Waals surface area contributed by atoms with Crippen molar-refractivity contribution in [2.45, 2.75) is 13.5 Å². The summed E-state index contributed by atoms with van der Waals surface area (Å²) in [4.78, 5) is 37.6. The van der Waals surface area contributed by atoms with Crippen LogP contribution >= 0.6 is 11.6 Å². The molecule has 0 spiro atoms. The van der Waals surface area contributed by atoms with E-state index in [4.69, 9.17) is 11.6 Å². The normalized spacial score (nSPS) is 10.3. The van der Waals surface area contributed by atoms with Crippen molar-refractivity contribution in [2.24, 2.45) is 0 Å². The van der Waals surface area contributed by atoms with Crippen LogP contribution in [0.3, 0.4) is 0 Å². The average Bonchev–Trinajstić information content (AvgIpc) is 2.44. The Hall–Kier alpha value is -2.74. The Bertz CT molecular complexity index is 803. The van der Waals surface area contributed by atoms with Gasteiger partial charge in [0, 0.05) is 23.5 Å². The number of nitrogens with zero attached hydrogens (tertiary/aromatic N) is 3. The molecule has 0 aliphatic heterocycles. The first-order chi connectivity index (χ1) is 10.4. The molecule has 0 fully saturated rings. The number of carbonyl (C=O) groups excluding carboxylic acids is 1. The molecule has 9 heteroatoms. The Kier molecular flexibility index (Phi) is 4.52. The zero-order valence-electron chi connectivity index (χ0n) is 11.4. The third-order valence-electron chi connectivity index (χ3n) is 2.76. The summed E-state index contributed by atoms with van der Waals surface area (Å²) in [7, 11) is 0. The first-order valence-corrected chi connectivity index (χ1v) is 6.51. The van der Waals surface area contributed by atoms with Gasteiger partial charge in [-0.05, 0) is 19.1 Å². The molecular formula is C13H11ClN4O4. The van der Waals surface area contributed by atoms with E-state index >= 15 is 0 Å². The molecule has 2 rings (SSSR count). The van der Waals surface area contributed by atoms with Crippen LogP contribution in [-0.2, 0) is 11.3 Å². The van der Waals surface area contributed by atoms with E-state index in [0.717, 1.165) is 10.6 Å². The van der Waals surface area contributed by atoms with Crippen LogP contribution in [0.15, 0.2) is 35.4 Å². The molecule has 2 aromatic rings. The third-order valence-corrected chi connectivity index (χ3v) is 3.08. The zero-order chi connectivity index (χ0) is 16.3. The van der Waals surface area contributed by atoms with E-state index in [9.17, 15) is 19.7 Å². The molecule has 0 atom stereocenters. The van der Waals surface area contributed by atoms with Gasteiger partial charge in [0.25, 0.3) is 11.2 Å². The number of hydrogen-bond donors (Lipinski definition) is 1. The van der Waals surface area contributed by atoms with Crippen LogP contribution in [0, 0.1) is 17.0 Å². The number of halogens is 1. The molecule has 0 aliphatic rings. The van der Waals surface area contributed by atoms with Crippen molar-refractivity contribution in [1.29, 1.82) is 0 Å². The fraction of sp³-hybridized carbons (Fsp3) is 0.154. The summed E-state index contributed by atoms with van der Waals surface area (Å²) in [6.07, 6.45) is 1.27. The maximum atomic E-state index is 11.9. The monoisotopic (exact) mass is 322 g/mol. The number of hydrogen-bond acceptors (Lipinski definition) is 5. The van der Waals surface area contributed by atoms with Gasteiger partial charge in [0.1, 0.15) is 11.6 Å². The first-order valence-electron chi connectivity index (χ1n) is 6.13. The molecule has 1 heterocycles. The Labute approximate surface area is 129 Å². The van der Waals surface area contributed by atoms with Crippen LogP contribution in [0.5, 0.6) is 0 Å². The maximum Gasteiger partial charge on any atom is 0.289 e. The number of aryl methyl sites for hydroxylation is 1. The molecule has 0 unspecified atom stereocenters. The molecule has 0 saturated heterocycles. The van der Waals surface area contributed by atoms with Gasteiger partial charge in [-0.3, -0.25) is 24.3 Å². The lowest BCUT2D eigenvalue weighted by molar-refractivity contribution is -0.384. The average molecular weight is 323 g/mol. The molecule has 1 N–H and O–H groups in total. The molecule has 0 bridgehead atoms. The van der Waals surface area contributed by atoms with Crippen LogP contribution in [-0.4, -0.2) is 20.4 Å². The summed E-state index contributed by atoms with van der Waals surface area (Å²) in [6, 6.07) is 5.20. The summed E-state index contributed by atoms with van der Waals surface area (Å²) < 4.78 is 1.13. The number of carbonyl (C=O) groups is 1. The predicted molar refractivity (Wildman–Crippen MR) is 80.0 cm³/mol. The van der Waals surface area contributed by atoms with Crippen LogP contribution in [0.2, 0.25) is 5.02 Å². The smallest absolute Gasteiger partial charge is 0.289 e. The van der Waals surface area contributed by atoms with Crippen molar-refractivity contribution >= 4 is 28.9 Å². The summed E-state index contributed by atoms with van der Waals surface area (Å²) in [5.41, 5.74) is 0.0996. The van der Waals surface area contributed by atoms with Crippen molar-refractivity contribution in [1.82, 2.24) is 9.55 Å². The van der Waals surface area contributed by atoms with Gasteiger partial charge < -0.3 is 5.32 Å². The van der Waals surface area contributed by atoms with Gasteiger partial charge in [-0.15, -0.1) is 0 Å². The largest absolute Gasteiger partial charge is 0.324 e. The van der Waals surface area contributed by atoms with Gasteiger partial charge in [-0.1, -0.05) is 11.6 Å². The number of nitro benzene ring substituents is 1. The number of aromatic nitrogens is 2. The van der Waals surface area contributed by atoms with Gasteiger partial charge in [0.15, 0.2) is 0 Å². The van der Waals surface area contributed by atoms with Crippen molar-refractivity contribution in [3.8, 4) is 0 Å². The number of amides is 1. The molecule has 22 heavy (non-hydrogen) atoms. The second-order valence-corrected chi connectivity index (χ2v) is 4.88. The van der Waals surface area contributed by atoms with E-state index in [0.29, 0.717) is 5.69 Å².